The van der Waals surface area contributed by atoms with Crippen LogP contribution in [0.25, 0.3) is 0 Å². The topological polar surface area (TPSA) is 12.0 Å². The fourth-order valence-corrected chi connectivity index (χ4v) is 3.59. The standard InChI is InChI=1S/C17H23NS/c1-5-18-17(16-11-19-10-14(16)4)9-15-7-12(2)6-13(3)8-15/h6-8,10-11,17-18H,5,9H2,1-4H3. The quantitative estimate of drug-likeness (QED) is 0.841. The van der Waals surface area contributed by atoms with Crippen LogP contribution in [0.3, 0.4) is 0 Å². The van der Waals surface area contributed by atoms with Crippen molar-refractivity contribution in [3.05, 3.63) is 56.8 Å². The second kappa shape index (κ2) is 6.36. The normalized spacial score (nSPS) is 12.6. The fourth-order valence-electron chi connectivity index (χ4n) is 2.69. The number of aryl methyl sites for hydroxylation is 3. The van der Waals surface area contributed by atoms with Gasteiger partial charge in [0.05, 0.1) is 0 Å². The Morgan fingerprint density at radius 1 is 1.05 bits per heavy atom. The molecule has 1 atom stereocenters. The van der Waals surface area contributed by atoms with Crippen LogP contribution in [0.15, 0.2) is 29.0 Å². The second-order valence-electron chi connectivity index (χ2n) is 5.32. The van der Waals surface area contributed by atoms with Crippen LogP contribution in [0.1, 0.15) is 40.8 Å². The first-order valence-electron chi connectivity index (χ1n) is 6.93. The van der Waals surface area contributed by atoms with Crippen LogP contribution in [-0.4, -0.2) is 6.54 Å². The summed E-state index contributed by atoms with van der Waals surface area (Å²) in [7, 11) is 0. The first-order valence-corrected chi connectivity index (χ1v) is 7.87. The predicted octanol–water partition coefficient (Wildman–Crippen LogP) is 4.57. The van der Waals surface area contributed by atoms with E-state index in [-0.39, 0.29) is 0 Å². The maximum atomic E-state index is 3.62. The van der Waals surface area contributed by atoms with E-state index in [4.69, 9.17) is 0 Å². The van der Waals surface area contributed by atoms with E-state index in [1.165, 1.54) is 27.8 Å². The van der Waals surface area contributed by atoms with Gasteiger partial charge in [-0.05, 0) is 61.2 Å². The molecule has 102 valence electrons. The number of rotatable bonds is 5. The predicted molar refractivity (Wildman–Crippen MR) is 85.1 cm³/mol. The molecule has 1 aromatic heterocycles. The lowest BCUT2D eigenvalue weighted by molar-refractivity contribution is 0.549. The third-order valence-electron chi connectivity index (χ3n) is 3.44. The molecule has 0 aliphatic heterocycles. The van der Waals surface area contributed by atoms with Crippen LogP contribution in [0.4, 0.5) is 0 Å². The first kappa shape index (κ1) is 14.3. The number of thiophene rings is 1. The van der Waals surface area contributed by atoms with Crippen LogP contribution in [-0.2, 0) is 6.42 Å². The zero-order valence-electron chi connectivity index (χ0n) is 12.3. The summed E-state index contributed by atoms with van der Waals surface area (Å²) < 4.78 is 0. The maximum absolute atomic E-state index is 3.62. The molecule has 0 aliphatic rings. The molecule has 2 aromatic rings. The third kappa shape index (κ3) is 3.68. The molecule has 1 heterocycles. The molecule has 1 aromatic carbocycles. The largest absolute Gasteiger partial charge is 0.310 e. The minimum Gasteiger partial charge on any atom is -0.310 e. The van der Waals surface area contributed by atoms with Crippen LogP contribution >= 0.6 is 11.3 Å². The van der Waals surface area contributed by atoms with Gasteiger partial charge in [-0.25, -0.2) is 0 Å². The van der Waals surface area contributed by atoms with E-state index in [0.717, 1.165) is 13.0 Å². The molecule has 0 amide bonds. The van der Waals surface area contributed by atoms with Crippen molar-refractivity contribution in [1.29, 1.82) is 0 Å². The van der Waals surface area contributed by atoms with Gasteiger partial charge in [0, 0.05) is 6.04 Å². The summed E-state index contributed by atoms with van der Waals surface area (Å²) >= 11 is 1.80. The molecule has 1 nitrogen and oxygen atoms in total. The summed E-state index contributed by atoms with van der Waals surface area (Å²) in [6, 6.07) is 7.28. The van der Waals surface area contributed by atoms with Gasteiger partial charge in [-0.15, -0.1) is 0 Å². The highest BCUT2D eigenvalue weighted by Gasteiger charge is 2.14. The lowest BCUT2D eigenvalue weighted by Crippen LogP contribution is -2.23. The van der Waals surface area contributed by atoms with Crippen molar-refractivity contribution >= 4 is 11.3 Å². The van der Waals surface area contributed by atoms with Gasteiger partial charge in [-0.3, -0.25) is 0 Å². The van der Waals surface area contributed by atoms with Gasteiger partial charge in [0.15, 0.2) is 0 Å². The molecule has 2 heteroatoms. The average Bonchev–Trinajstić information content (AvgIpc) is 2.73. The van der Waals surface area contributed by atoms with Crippen LogP contribution in [0, 0.1) is 20.8 Å². The minimum absolute atomic E-state index is 0.428. The van der Waals surface area contributed by atoms with Gasteiger partial charge in [-0.2, -0.15) is 11.3 Å². The Morgan fingerprint density at radius 2 is 1.74 bits per heavy atom. The van der Waals surface area contributed by atoms with Gasteiger partial charge in [0.1, 0.15) is 0 Å². The molecule has 0 saturated carbocycles. The molecule has 1 unspecified atom stereocenters. The van der Waals surface area contributed by atoms with Crippen molar-refractivity contribution in [3.63, 3.8) is 0 Å². The number of nitrogens with one attached hydrogen (secondary N) is 1. The number of hydrogen-bond donors (Lipinski definition) is 1. The summed E-state index contributed by atoms with van der Waals surface area (Å²) in [5.74, 6) is 0. The van der Waals surface area contributed by atoms with E-state index in [2.05, 4.69) is 62.0 Å². The molecular weight excluding hydrogens is 250 g/mol. The van der Waals surface area contributed by atoms with Gasteiger partial charge in [0.25, 0.3) is 0 Å². The molecule has 19 heavy (non-hydrogen) atoms. The summed E-state index contributed by atoms with van der Waals surface area (Å²) in [4.78, 5) is 0. The first-order chi connectivity index (χ1) is 9.10. The maximum Gasteiger partial charge on any atom is 0.0371 e. The van der Waals surface area contributed by atoms with Gasteiger partial charge >= 0.3 is 0 Å². The fraction of sp³-hybridized carbons (Fsp3) is 0.412. The lowest BCUT2D eigenvalue weighted by atomic mass is 9.96. The number of likely N-dealkylation sites (N-methyl/N-ethyl adjacent to an activating group) is 1. The highest BCUT2D eigenvalue weighted by atomic mass is 32.1. The van der Waals surface area contributed by atoms with E-state index in [9.17, 15) is 0 Å². The zero-order valence-corrected chi connectivity index (χ0v) is 13.1. The molecule has 2 rings (SSSR count). The number of hydrogen-bond acceptors (Lipinski definition) is 2. The van der Waals surface area contributed by atoms with E-state index in [1.54, 1.807) is 11.3 Å². The minimum atomic E-state index is 0.428. The molecule has 0 bridgehead atoms. The highest BCUT2D eigenvalue weighted by Crippen LogP contribution is 2.25. The molecule has 0 spiro atoms. The van der Waals surface area contributed by atoms with E-state index in [0.29, 0.717) is 6.04 Å². The molecule has 1 N–H and O–H groups in total. The Balaban J connectivity index is 2.23. The third-order valence-corrected chi connectivity index (χ3v) is 4.32. The van der Waals surface area contributed by atoms with Crippen molar-refractivity contribution in [2.75, 3.05) is 6.54 Å². The molecule has 0 saturated heterocycles. The van der Waals surface area contributed by atoms with E-state index < -0.39 is 0 Å². The summed E-state index contributed by atoms with van der Waals surface area (Å²) in [6.45, 7) is 9.74. The SMILES string of the molecule is CCNC(Cc1cc(C)cc(C)c1)c1cscc1C. The zero-order chi connectivity index (χ0) is 13.8. The van der Waals surface area contributed by atoms with Crippen LogP contribution in [0.2, 0.25) is 0 Å². The van der Waals surface area contributed by atoms with Crippen LogP contribution < -0.4 is 5.32 Å². The van der Waals surface area contributed by atoms with Crippen LogP contribution in [0.5, 0.6) is 0 Å². The Hall–Kier alpha value is -1.12. The Bertz CT molecular complexity index is 522. The van der Waals surface area contributed by atoms with Crippen molar-refractivity contribution < 1.29 is 0 Å². The summed E-state index contributed by atoms with van der Waals surface area (Å²) in [6.07, 6.45) is 1.06. The van der Waals surface area contributed by atoms with Gasteiger partial charge < -0.3 is 5.32 Å². The highest BCUT2D eigenvalue weighted by molar-refractivity contribution is 7.08. The summed E-state index contributed by atoms with van der Waals surface area (Å²) in [5, 5.41) is 8.14. The molecule has 0 fully saturated rings. The molecule has 0 aliphatic carbocycles. The number of benzene rings is 1. The van der Waals surface area contributed by atoms with Crippen molar-refractivity contribution in [2.45, 2.75) is 40.2 Å². The Morgan fingerprint density at radius 3 is 2.26 bits per heavy atom. The van der Waals surface area contributed by atoms with Gasteiger partial charge in [-0.1, -0.05) is 36.2 Å². The van der Waals surface area contributed by atoms with Crippen molar-refractivity contribution in [2.24, 2.45) is 0 Å². The van der Waals surface area contributed by atoms with Gasteiger partial charge in [0.2, 0.25) is 0 Å². The monoisotopic (exact) mass is 273 g/mol. The molecular formula is C17H23NS. The smallest absolute Gasteiger partial charge is 0.0371 e. The Labute approximate surface area is 120 Å². The average molecular weight is 273 g/mol. The van der Waals surface area contributed by atoms with Crippen molar-refractivity contribution in [3.8, 4) is 0 Å². The van der Waals surface area contributed by atoms with E-state index in [1.807, 2.05) is 0 Å². The van der Waals surface area contributed by atoms with E-state index >= 15 is 0 Å². The molecule has 0 radical (unpaired) electrons. The van der Waals surface area contributed by atoms with Crippen molar-refractivity contribution in [1.82, 2.24) is 5.32 Å². The Kier molecular flexibility index (Phi) is 4.78. The second-order valence-corrected chi connectivity index (χ2v) is 6.06. The summed E-state index contributed by atoms with van der Waals surface area (Å²) in [5.41, 5.74) is 6.99. The lowest BCUT2D eigenvalue weighted by Gasteiger charge is -2.19.